The smallest absolute Gasteiger partial charge is 0.0247 e. The summed E-state index contributed by atoms with van der Waals surface area (Å²) in [4.78, 5) is 2.67. The molecular weight excluding hydrogens is 184 g/mol. The molecule has 0 radical (unpaired) electrons. The van der Waals surface area contributed by atoms with Crippen molar-refractivity contribution in [3.63, 3.8) is 0 Å². The first-order chi connectivity index (χ1) is 6.93. The van der Waals surface area contributed by atoms with Gasteiger partial charge in [-0.2, -0.15) is 0 Å². The zero-order valence-corrected chi connectivity index (χ0v) is 11.2. The lowest BCUT2D eigenvalue weighted by Crippen LogP contribution is -2.61. The minimum Gasteiger partial charge on any atom is -0.311 e. The zero-order valence-electron chi connectivity index (χ0n) is 11.2. The summed E-state index contributed by atoms with van der Waals surface area (Å²) in [6, 6.07) is 2.04. The summed E-state index contributed by atoms with van der Waals surface area (Å²) in [6.45, 7) is 16.3. The van der Waals surface area contributed by atoms with E-state index in [1.807, 2.05) is 0 Å². The molecule has 2 atom stereocenters. The van der Waals surface area contributed by atoms with Gasteiger partial charge in [0, 0.05) is 31.2 Å². The summed E-state index contributed by atoms with van der Waals surface area (Å²) in [7, 11) is 0. The van der Waals surface area contributed by atoms with Crippen LogP contribution in [0.4, 0.5) is 0 Å². The van der Waals surface area contributed by atoms with Crippen LogP contribution in [0.25, 0.3) is 0 Å². The third kappa shape index (κ3) is 3.18. The van der Waals surface area contributed by atoms with Gasteiger partial charge in [0.05, 0.1) is 0 Å². The second kappa shape index (κ2) is 5.31. The van der Waals surface area contributed by atoms with Crippen LogP contribution in [-0.2, 0) is 0 Å². The van der Waals surface area contributed by atoms with E-state index in [0.29, 0.717) is 18.1 Å². The molecule has 1 aliphatic rings. The Kier molecular flexibility index (Phi) is 4.60. The van der Waals surface area contributed by atoms with E-state index in [-0.39, 0.29) is 0 Å². The Morgan fingerprint density at radius 3 is 2.00 bits per heavy atom. The normalized spacial score (nSPS) is 29.4. The number of hydrogen-bond donors (Lipinski definition) is 1. The van der Waals surface area contributed by atoms with E-state index in [4.69, 9.17) is 0 Å². The van der Waals surface area contributed by atoms with Crippen molar-refractivity contribution in [1.82, 2.24) is 10.2 Å². The molecule has 1 aliphatic heterocycles. The van der Waals surface area contributed by atoms with Crippen molar-refractivity contribution < 1.29 is 0 Å². The quantitative estimate of drug-likeness (QED) is 0.772. The minimum atomic E-state index is 0.667. The van der Waals surface area contributed by atoms with Crippen molar-refractivity contribution in [1.29, 1.82) is 0 Å². The molecule has 0 aromatic heterocycles. The summed E-state index contributed by atoms with van der Waals surface area (Å²) in [5, 5.41) is 3.69. The lowest BCUT2D eigenvalue weighted by Gasteiger charge is -2.45. The van der Waals surface area contributed by atoms with Crippen LogP contribution in [0.15, 0.2) is 0 Å². The second-order valence-electron chi connectivity index (χ2n) is 5.86. The molecule has 1 saturated heterocycles. The van der Waals surface area contributed by atoms with Crippen LogP contribution in [0, 0.1) is 11.8 Å². The maximum Gasteiger partial charge on any atom is 0.0247 e. The van der Waals surface area contributed by atoms with Gasteiger partial charge in [0.25, 0.3) is 0 Å². The molecule has 90 valence electrons. The van der Waals surface area contributed by atoms with Crippen LogP contribution in [0.2, 0.25) is 0 Å². The van der Waals surface area contributed by atoms with E-state index >= 15 is 0 Å². The van der Waals surface area contributed by atoms with Gasteiger partial charge in [0.1, 0.15) is 0 Å². The van der Waals surface area contributed by atoms with Crippen molar-refractivity contribution in [2.24, 2.45) is 11.8 Å². The molecular formula is C13H28N2. The molecule has 1 rings (SSSR count). The van der Waals surface area contributed by atoms with Crippen molar-refractivity contribution in [3.05, 3.63) is 0 Å². The Balaban J connectivity index is 2.65. The third-order valence-corrected chi connectivity index (χ3v) is 3.66. The number of nitrogens with zero attached hydrogens (tertiary/aromatic N) is 1. The topological polar surface area (TPSA) is 15.3 Å². The second-order valence-corrected chi connectivity index (χ2v) is 5.86. The molecule has 0 aromatic carbocycles. The average molecular weight is 212 g/mol. The van der Waals surface area contributed by atoms with Crippen LogP contribution in [0.1, 0.15) is 41.5 Å². The van der Waals surface area contributed by atoms with Crippen molar-refractivity contribution in [3.8, 4) is 0 Å². The highest BCUT2D eigenvalue weighted by Gasteiger charge is 2.32. The first-order valence-electron chi connectivity index (χ1n) is 6.42. The molecule has 0 saturated carbocycles. The number of piperazine rings is 1. The Labute approximate surface area is 95.4 Å². The highest BCUT2D eigenvalue weighted by molar-refractivity contribution is 4.90. The summed E-state index contributed by atoms with van der Waals surface area (Å²) >= 11 is 0. The first kappa shape index (κ1) is 13.0. The maximum absolute atomic E-state index is 3.69. The highest BCUT2D eigenvalue weighted by Crippen LogP contribution is 2.20. The molecule has 0 aliphatic carbocycles. The van der Waals surface area contributed by atoms with Gasteiger partial charge in [-0.25, -0.2) is 0 Å². The summed E-state index contributed by atoms with van der Waals surface area (Å²) < 4.78 is 0. The van der Waals surface area contributed by atoms with Gasteiger partial charge in [0.15, 0.2) is 0 Å². The van der Waals surface area contributed by atoms with Crippen LogP contribution < -0.4 is 5.32 Å². The van der Waals surface area contributed by atoms with Gasteiger partial charge in [-0.15, -0.1) is 0 Å². The van der Waals surface area contributed by atoms with E-state index in [0.717, 1.165) is 18.4 Å². The Morgan fingerprint density at radius 2 is 1.60 bits per heavy atom. The van der Waals surface area contributed by atoms with Gasteiger partial charge < -0.3 is 5.32 Å². The largest absolute Gasteiger partial charge is 0.311 e. The van der Waals surface area contributed by atoms with E-state index in [9.17, 15) is 0 Å². The lowest BCUT2D eigenvalue weighted by molar-refractivity contribution is 0.0582. The molecule has 1 fully saturated rings. The van der Waals surface area contributed by atoms with Gasteiger partial charge in [-0.3, -0.25) is 4.90 Å². The Hall–Kier alpha value is -0.0800. The minimum absolute atomic E-state index is 0.667. The molecule has 2 heteroatoms. The standard InChI is InChI=1S/C13H28N2/c1-9(2)12-8-15(11(5)6)13(7-14-12)10(3)4/h9-14H,7-8H2,1-6H3. The number of nitrogens with one attached hydrogen (secondary N) is 1. The molecule has 0 spiro atoms. The number of hydrogen-bond acceptors (Lipinski definition) is 2. The monoisotopic (exact) mass is 212 g/mol. The fourth-order valence-electron chi connectivity index (χ4n) is 2.48. The van der Waals surface area contributed by atoms with Crippen LogP contribution >= 0.6 is 0 Å². The predicted molar refractivity (Wildman–Crippen MR) is 67.1 cm³/mol. The lowest BCUT2D eigenvalue weighted by atomic mass is 9.93. The maximum atomic E-state index is 3.69. The summed E-state index contributed by atoms with van der Waals surface area (Å²) in [6.07, 6.45) is 0. The third-order valence-electron chi connectivity index (χ3n) is 3.66. The molecule has 0 bridgehead atoms. The summed E-state index contributed by atoms with van der Waals surface area (Å²) in [5.41, 5.74) is 0. The average Bonchev–Trinajstić information content (AvgIpc) is 2.16. The van der Waals surface area contributed by atoms with Crippen LogP contribution in [0.5, 0.6) is 0 Å². The molecule has 2 unspecified atom stereocenters. The Bertz CT molecular complexity index is 187. The van der Waals surface area contributed by atoms with E-state index < -0.39 is 0 Å². The van der Waals surface area contributed by atoms with Gasteiger partial charge >= 0.3 is 0 Å². The fourth-order valence-corrected chi connectivity index (χ4v) is 2.48. The number of rotatable bonds is 3. The predicted octanol–water partition coefficient (Wildman–Crippen LogP) is 2.35. The molecule has 1 heterocycles. The first-order valence-corrected chi connectivity index (χ1v) is 6.42. The van der Waals surface area contributed by atoms with E-state index in [1.54, 1.807) is 0 Å². The van der Waals surface area contributed by atoms with Crippen LogP contribution in [-0.4, -0.2) is 36.1 Å². The van der Waals surface area contributed by atoms with Crippen molar-refractivity contribution >= 4 is 0 Å². The van der Waals surface area contributed by atoms with Gasteiger partial charge in [-0.1, -0.05) is 27.7 Å². The Morgan fingerprint density at radius 1 is 1.00 bits per heavy atom. The van der Waals surface area contributed by atoms with Crippen molar-refractivity contribution in [2.75, 3.05) is 13.1 Å². The fraction of sp³-hybridized carbons (Fsp3) is 1.00. The molecule has 1 N–H and O–H groups in total. The van der Waals surface area contributed by atoms with E-state index in [1.165, 1.54) is 6.54 Å². The van der Waals surface area contributed by atoms with Crippen molar-refractivity contribution in [2.45, 2.75) is 59.7 Å². The molecule has 0 amide bonds. The molecule has 2 nitrogen and oxygen atoms in total. The van der Waals surface area contributed by atoms with Gasteiger partial charge in [-0.05, 0) is 25.7 Å². The van der Waals surface area contributed by atoms with Gasteiger partial charge in [0.2, 0.25) is 0 Å². The SMILES string of the molecule is CC(C)C1CN(C(C)C)C(C(C)C)CN1. The molecule has 0 aromatic rings. The van der Waals surface area contributed by atoms with E-state index in [2.05, 4.69) is 51.8 Å². The summed E-state index contributed by atoms with van der Waals surface area (Å²) in [5.74, 6) is 1.48. The highest BCUT2D eigenvalue weighted by atomic mass is 15.3. The molecule has 15 heavy (non-hydrogen) atoms. The van der Waals surface area contributed by atoms with Crippen LogP contribution in [0.3, 0.4) is 0 Å². The zero-order chi connectivity index (χ0) is 11.6.